The maximum Gasteiger partial charge on any atom is 0.146 e. The number of hydrogen-bond acceptors (Lipinski definition) is 3. The number of ether oxygens (including phenoxy) is 1. The van der Waals surface area contributed by atoms with Crippen LogP contribution in [0.15, 0.2) is 11.6 Å². The molecule has 0 amide bonds. The van der Waals surface area contributed by atoms with E-state index in [4.69, 9.17) is 4.74 Å². The second-order valence-electron chi connectivity index (χ2n) is 8.82. The highest BCUT2D eigenvalue weighted by atomic mass is 16.5. The average molecular weight is 318 g/mol. The van der Waals surface area contributed by atoms with Gasteiger partial charge in [0.25, 0.3) is 0 Å². The molecular weight excluding hydrogens is 288 g/mol. The largest absolute Gasteiger partial charge is 0.374 e. The van der Waals surface area contributed by atoms with Crippen LogP contribution in [0.4, 0.5) is 0 Å². The van der Waals surface area contributed by atoms with Gasteiger partial charge in [0, 0.05) is 11.8 Å². The summed E-state index contributed by atoms with van der Waals surface area (Å²) in [6, 6.07) is 0. The van der Waals surface area contributed by atoms with Gasteiger partial charge in [-0.25, -0.2) is 0 Å². The van der Waals surface area contributed by atoms with Crippen molar-refractivity contribution in [2.24, 2.45) is 22.7 Å². The molecule has 0 unspecified atom stereocenters. The zero-order valence-electron chi connectivity index (χ0n) is 14.8. The molecule has 0 radical (unpaired) electrons. The van der Waals surface area contributed by atoms with Gasteiger partial charge in [0.15, 0.2) is 0 Å². The van der Waals surface area contributed by atoms with E-state index in [1.807, 2.05) is 6.08 Å². The predicted octanol–water partition coefficient (Wildman–Crippen LogP) is 4.10. The summed E-state index contributed by atoms with van der Waals surface area (Å²) in [6.07, 6.45) is 11.0. The molecule has 0 N–H and O–H groups in total. The summed E-state index contributed by atoms with van der Waals surface area (Å²) in [4.78, 5) is 21.9. The van der Waals surface area contributed by atoms with Crippen molar-refractivity contribution < 1.29 is 14.3 Å². The van der Waals surface area contributed by atoms with Crippen LogP contribution in [-0.4, -0.2) is 24.8 Å². The van der Waals surface area contributed by atoms with Gasteiger partial charge in [-0.05, 0) is 61.9 Å². The van der Waals surface area contributed by atoms with Crippen molar-refractivity contribution in [1.29, 1.82) is 0 Å². The fourth-order valence-electron chi connectivity index (χ4n) is 6.08. The molecule has 4 atom stereocenters. The summed E-state index contributed by atoms with van der Waals surface area (Å²) < 4.78 is 6.37. The molecule has 0 aromatic carbocycles. The van der Waals surface area contributed by atoms with Crippen LogP contribution in [0.2, 0.25) is 0 Å². The molecule has 1 aliphatic heterocycles. The van der Waals surface area contributed by atoms with Crippen LogP contribution in [0.1, 0.15) is 65.7 Å². The van der Waals surface area contributed by atoms with Crippen LogP contribution < -0.4 is 0 Å². The van der Waals surface area contributed by atoms with Gasteiger partial charge in [-0.15, -0.1) is 0 Å². The van der Waals surface area contributed by atoms with Crippen molar-refractivity contribution in [3.8, 4) is 0 Å². The Morgan fingerprint density at radius 3 is 2.65 bits per heavy atom. The normalized spacial score (nSPS) is 42.1. The number of rotatable bonds is 5. The number of fused-ring (bicyclic) bond motifs is 1. The fourth-order valence-corrected chi connectivity index (χ4v) is 6.08. The van der Waals surface area contributed by atoms with Gasteiger partial charge in [0.2, 0.25) is 0 Å². The van der Waals surface area contributed by atoms with Crippen molar-refractivity contribution in [3.63, 3.8) is 0 Å². The minimum Gasteiger partial charge on any atom is -0.374 e. The predicted molar refractivity (Wildman–Crippen MR) is 90.1 cm³/mol. The summed E-state index contributed by atoms with van der Waals surface area (Å²) in [6.45, 7) is 7.99. The van der Waals surface area contributed by atoms with E-state index in [1.54, 1.807) is 0 Å². The van der Waals surface area contributed by atoms with Gasteiger partial charge in [0.05, 0.1) is 12.2 Å². The monoisotopic (exact) mass is 318 g/mol. The van der Waals surface area contributed by atoms with E-state index in [0.717, 1.165) is 32.0 Å². The smallest absolute Gasteiger partial charge is 0.146 e. The Morgan fingerprint density at radius 1 is 1.17 bits per heavy atom. The third-order valence-corrected chi connectivity index (χ3v) is 7.22. The molecular formula is C20H30O3. The second kappa shape index (κ2) is 5.84. The van der Waals surface area contributed by atoms with Crippen molar-refractivity contribution in [1.82, 2.24) is 0 Å². The molecule has 1 heterocycles. The van der Waals surface area contributed by atoms with Crippen molar-refractivity contribution in [3.05, 3.63) is 11.6 Å². The molecule has 3 heteroatoms. The Hall–Kier alpha value is -0.960. The highest BCUT2D eigenvalue weighted by molar-refractivity contribution is 5.78. The molecule has 2 saturated carbocycles. The van der Waals surface area contributed by atoms with E-state index in [-0.39, 0.29) is 17.4 Å². The van der Waals surface area contributed by atoms with Crippen LogP contribution in [0, 0.1) is 22.7 Å². The molecule has 128 valence electrons. The summed E-state index contributed by atoms with van der Waals surface area (Å²) in [5.74, 6) is 1.18. The molecule has 3 nitrogen and oxygen atoms in total. The summed E-state index contributed by atoms with van der Waals surface area (Å²) in [7, 11) is 0. The molecule has 3 aliphatic rings. The van der Waals surface area contributed by atoms with Gasteiger partial charge in [-0.3, -0.25) is 4.79 Å². The van der Waals surface area contributed by atoms with Gasteiger partial charge < -0.3 is 9.53 Å². The summed E-state index contributed by atoms with van der Waals surface area (Å²) in [5, 5.41) is 0. The second-order valence-corrected chi connectivity index (χ2v) is 8.82. The van der Waals surface area contributed by atoms with Crippen LogP contribution in [0.3, 0.4) is 0 Å². The van der Waals surface area contributed by atoms with Crippen molar-refractivity contribution in [2.45, 2.75) is 71.3 Å². The van der Waals surface area contributed by atoms with Gasteiger partial charge >= 0.3 is 0 Å². The standard InChI is InChI=1S/C20H30O3/c1-18(2)9-4-10-20-14-23-19(3,11-7-16(18)20)17(20)6-5-15(13-22)8-12-21/h5,12-13,16-17H,4,6-11,14H2,1-3H3/t16-,17-,19+,20+/m0/s1. The summed E-state index contributed by atoms with van der Waals surface area (Å²) >= 11 is 0. The number of aldehydes is 2. The van der Waals surface area contributed by atoms with E-state index in [2.05, 4.69) is 20.8 Å². The number of carbonyl (C=O) groups excluding carboxylic acids is 2. The van der Waals surface area contributed by atoms with Crippen molar-refractivity contribution in [2.75, 3.05) is 6.61 Å². The first-order valence-electron chi connectivity index (χ1n) is 9.10. The average Bonchev–Trinajstić information content (AvgIpc) is 2.65. The lowest BCUT2D eigenvalue weighted by Gasteiger charge is -2.57. The van der Waals surface area contributed by atoms with Crippen LogP contribution in [0.5, 0.6) is 0 Å². The van der Waals surface area contributed by atoms with E-state index in [9.17, 15) is 9.59 Å². The highest BCUT2D eigenvalue weighted by Crippen LogP contribution is 2.67. The maximum atomic E-state index is 11.2. The van der Waals surface area contributed by atoms with E-state index < -0.39 is 0 Å². The minimum absolute atomic E-state index is 0.0599. The van der Waals surface area contributed by atoms with E-state index in [1.165, 1.54) is 25.7 Å². The number of hydrogen-bond donors (Lipinski definition) is 0. The molecule has 0 aromatic rings. The third kappa shape index (κ3) is 2.61. The SMILES string of the molecule is CC1(C)CCC[C@@]23CO[C@](C)(CC[C@@H]12)[C@@H]3CC=C(C=O)CC=O. The minimum atomic E-state index is -0.0599. The Kier molecular flexibility index (Phi) is 4.29. The summed E-state index contributed by atoms with van der Waals surface area (Å²) in [5.41, 5.74) is 1.21. The molecule has 1 saturated heterocycles. The zero-order chi connectivity index (χ0) is 16.7. The Balaban J connectivity index is 1.91. The van der Waals surface area contributed by atoms with Gasteiger partial charge in [-0.1, -0.05) is 26.3 Å². The van der Waals surface area contributed by atoms with Crippen LogP contribution in [0.25, 0.3) is 0 Å². The Morgan fingerprint density at radius 2 is 1.96 bits per heavy atom. The van der Waals surface area contributed by atoms with Crippen LogP contribution >= 0.6 is 0 Å². The molecule has 2 bridgehead atoms. The van der Waals surface area contributed by atoms with Crippen LogP contribution in [-0.2, 0) is 14.3 Å². The number of carbonyl (C=O) groups is 2. The first-order valence-corrected chi connectivity index (χ1v) is 9.10. The lowest BCUT2D eigenvalue weighted by molar-refractivity contribution is -0.109. The third-order valence-electron chi connectivity index (χ3n) is 7.22. The van der Waals surface area contributed by atoms with Gasteiger partial charge in [0.1, 0.15) is 12.6 Å². The lowest BCUT2D eigenvalue weighted by Crippen LogP contribution is -2.54. The molecule has 3 fully saturated rings. The Labute approximate surface area is 139 Å². The van der Waals surface area contributed by atoms with Gasteiger partial charge in [-0.2, -0.15) is 0 Å². The molecule has 23 heavy (non-hydrogen) atoms. The molecule has 1 spiro atoms. The molecule has 2 aliphatic carbocycles. The van der Waals surface area contributed by atoms with Crippen molar-refractivity contribution >= 4 is 12.6 Å². The molecule has 3 rings (SSSR count). The number of allylic oxidation sites excluding steroid dienone is 2. The first-order chi connectivity index (χ1) is 10.9. The topological polar surface area (TPSA) is 43.4 Å². The molecule has 0 aromatic heterocycles. The Bertz CT molecular complexity index is 521. The quantitative estimate of drug-likeness (QED) is 0.566. The lowest BCUT2D eigenvalue weighted by atomic mass is 9.46. The maximum absolute atomic E-state index is 11.2. The zero-order valence-corrected chi connectivity index (χ0v) is 14.8. The highest BCUT2D eigenvalue weighted by Gasteiger charge is 2.64. The fraction of sp³-hybridized carbons (Fsp3) is 0.800. The van der Waals surface area contributed by atoms with E-state index in [0.29, 0.717) is 22.8 Å². The first kappa shape index (κ1) is 16.9. The van der Waals surface area contributed by atoms with E-state index >= 15 is 0 Å².